The van der Waals surface area contributed by atoms with E-state index in [2.05, 4.69) is 6.07 Å². The Morgan fingerprint density at radius 2 is 1.50 bits per heavy atom. The Bertz CT molecular complexity index is 688. The van der Waals surface area contributed by atoms with Crippen LogP contribution in [0.2, 0.25) is 0 Å². The number of nitrogens with zero attached hydrogens (tertiary/aromatic N) is 1. The highest BCUT2D eigenvalue weighted by molar-refractivity contribution is 5.70. The van der Waals surface area contributed by atoms with Crippen molar-refractivity contribution in [1.82, 2.24) is 0 Å². The molecule has 0 unspecified atom stereocenters. The Morgan fingerprint density at radius 3 is 1.88 bits per heavy atom. The summed E-state index contributed by atoms with van der Waals surface area (Å²) < 4.78 is 31.4. The average Bonchev–Trinajstić information content (AvgIpc) is 2.58. The van der Waals surface area contributed by atoms with Gasteiger partial charge in [-0.1, -0.05) is 24.3 Å². The second kappa shape index (κ2) is 7.69. The SMILES string of the molecule is CCOC(=O)CCC(C#N)(c1ccc(F)cc1)c1ccc(F)cc1. The first-order chi connectivity index (χ1) is 11.5. The smallest absolute Gasteiger partial charge is 0.305 e. The molecule has 0 aliphatic carbocycles. The molecule has 124 valence electrons. The summed E-state index contributed by atoms with van der Waals surface area (Å²) >= 11 is 0. The normalized spacial score (nSPS) is 10.9. The van der Waals surface area contributed by atoms with Crippen molar-refractivity contribution in [2.24, 2.45) is 0 Å². The minimum Gasteiger partial charge on any atom is -0.466 e. The Morgan fingerprint density at radius 1 is 1.04 bits per heavy atom. The molecule has 0 aliphatic rings. The first-order valence-corrected chi connectivity index (χ1v) is 7.61. The van der Waals surface area contributed by atoms with Crippen molar-refractivity contribution >= 4 is 5.97 Å². The molecule has 2 rings (SSSR count). The van der Waals surface area contributed by atoms with Crippen LogP contribution in [0.1, 0.15) is 30.9 Å². The lowest BCUT2D eigenvalue weighted by molar-refractivity contribution is -0.143. The quantitative estimate of drug-likeness (QED) is 0.749. The van der Waals surface area contributed by atoms with E-state index in [1.807, 2.05) is 0 Å². The largest absolute Gasteiger partial charge is 0.466 e. The first kappa shape index (κ1) is 17.6. The molecule has 0 radical (unpaired) electrons. The van der Waals surface area contributed by atoms with Crippen LogP contribution in [0.25, 0.3) is 0 Å². The van der Waals surface area contributed by atoms with Crippen molar-refractivity contribution in [2.45, 2.75) is 25.2 Å². The van der Waals surface area contributed by atoms with Crippen molar-refractivity contribution in [1.29, 1.82) is 5.26 Å². The van der Waals surface area contributed by atoms with Gasteiger partial charge in [0.1, 0.15) is 17.0 Å². The summed E-state index contributed by atoms with van der Waals surface area (Å²) in [4.78, 5) is 11.7. The maximum absolute atomic E-state index is 13.2. The molecule has 2 aromatic carbocycles. The van der Waals surface area contributed by atoms with E-state index in [0.29, 0.717) is 11.1 Å². The van der Waals surface area contributed by atoms with Gasteiger partial charge >= 0.3 is 5.97 Å². The highest BCUT2D eigenvalue weighted by Gasteiger charge is 2.35. The summed E-state index contributed by atoms with van der Waals surface area (Å²) in [6.45, 7) is 1.96. The van der Waals surface area contributed by atoms with E-state index >= 15 is 0 Å². The minimum atomic E-state index is -1.19. The van der Waals surface area contributed by atoms with Gasteiger partial charge in [0, 0.05) is 6.42 Å². The number of esters is 1. The number of hydrogen-bond donors (Lipinski definition) is 0. The van der Waals surface area contributed by atoms with E-state index in [4.69, 9.17) is 4.74 Å². The molecule has 0 saturated carbocycles. The summed E-state index contributed by atoms with van der Waals surface area (Å²) in [7, 11) is 0. The summed E-state index contributed by atoms with van der Waals surface area (Å²) in [5.74, 6) is -1.26. The molecule has 0 N–H and O–H groups in total. The molecule has 0 bridgehead atoms. The lowest BCUT2D eigenvalue weighted by Gasteiger charge is -2.27. The second-order valence-corrected chi connectivity index (χ2v) is 5.34. The van der Waals surface area contributed by atoms with Crippen LogP contribution in [-0.2, 0) is 14.9 Å². The summed E-state index contributed by atoms with van der Waals surface area (Å²) in [6, 6.07) is 13.3. The van der Waals surface area contributed by atoms with E-state index in [1.54, 1.807) is 6.92 Å². The number of benzene rings is 2. The molecule has 0 spiro atoms. The molecule has 0 atom stereocenters. The Hall–Kier alpha value is -2.74. The predicted octanol–water partition coefficient (Wildman–Crippen LogP) is 4.12. The lowest BCUT2D eigenvalue weighted by atomic mass is 9.72. The fraction of sp³-hybridized carbons (Fsp3) is 0.263. The standard InChI is InChI=1S/C19H17F2NO2/c1-2-24-18(23)11-12-19(13-22,14-3-7-16(20)8-4-14)15-5-9-17(21)10-6-15/h3-10H,2,11-12H2,1H3. The maximum atomic E-state index is 13.2. The molecule has 2 aromatic rings. The van der Waals surface area contributed by atoms with Gasteiger partial charge < -0.3 is 4.74 Å². The average molecular weight is 329 g/mol. The minimum absolute atomic E-state index is 0.0240. The van der Waals surface area contributed by atoms with Crippen molar-refractivity contribution in [2.75, 3.05) is 6.61 Å². The van der Waals surface area contributed by atoms with Crippen LogP contribution in [0.3, 0.4) is 0 Å². The molecule has 0 amide bonds. The van der Waals surface area contributed by atoms with Gasteiger partial charge in [-0.15, -0.1) is 0 Å². The third kappa shape index (κ3) is 3.77. The van der Waals surface area contributed by atoms with Crippen LogP contribution in [0.4, 0.5) is 8.78 Å². The molecular weight excluding hydrogens is 312 g/mol. The van der Waals surface area contributed by atoms with Gasteiger partial charge in [-0.3, -0.25) is 4.79 Å². The fourth-order valence-corrected chi connectivity index (χ4v) is 2.63. The van der Waals surface area contributed by atoms with Gasteiger partial charge in [0.25, 0.3) is 0 Å². The molecule has 24 heavy (non-hydrogen) atoms. The predicted molar refractivity (Wildman–Crippen MR) is 85.1 cm³/mol. The van der Waals surface area contributed by atoms with Gasteiger partial charge in [0.15, 0.2) is 0 Å². The Labute approximate surface area is 139 Å². The number of carbonyl (C=O) groups is 1. The number of carbonyl (C=O) groups excluding carboxylic acids is 1. The van der Waals surface area contributed by atoms with Crippen molar-refractivity contribution < 1.29 is 18.3 Å². The maximum Gasteiger partial charge on any atom is 0.305 e. The van der Waals surface area contributed by atoms with Crippen LogP contribution < -0.4 is 0 Å². The first-order valence-electron chi connectivity index (χ1n) is 7.61. The summed E-state index contributed by atoms with van der Waals surface area (Å²) in [6.07, 6.45) is 0.176. The number of nitriles is 1. The Kier molecular flexibility index (Phi) is 5.64. The van der Waals surface area contributed by atoms with Crippen LogP contribution in [-0.4, -0.2) is 12.6 Å². The van der Waals surface area contributed by atoms with Gasteiger partial charge in [-0.2, -0.15) is 5.26 Å². The highest BCUT2D eigenvalue weighted by Crippen LogP contribution is 2.36. The van der Waals surface area contributed by atoms with Crippen molar-refractivity contribution in [3.63, 3.8) is 0 Å². The highest BCUT2D eigenvalue weighted by atomic mass is 19.1. The molecule has 3 nitrogen and oxygen atoms in total. The zero-order valence-electron chi connectivity index (χ0n) is 13.3. The van der Waals surface area contributed by atoms with Crippen LogP contribution >= 0.6 is 0 Å². The molecule has 5 heteroatoms. The van der Waals surface area contributed by atoms with E-state index in [9.17, 15) is 18.8 Å². The molecule has 0 saturated heterocycles. The lowest BCUT2D eigenvalue weighted by Crippen LogP contribution is -2.27. The monoisotopic (exact) mass is 329 g/mol. The van der Waals surface area contributed by atoms with E-state index in [1.165, 1.54) is 48.5 Å². The van der Waals surface area contributed by atoms with Crippen LogP contribution in [0.15, 0.2) is 48.5 Å². The third-order valence-electron chi connectivity index (χ3n) is 3.87. The summed E-state index contributed by atoms with van der Waals surface area (Å²) in [5.41, 5.74) is -0.0987. The molecule has 0 aromatic heterocycles. The molecular formula is C19H17F2NO2. The number of rotatable bonds is 6. The van der Waals surface area contributed by atoms with E-state index in [-0.39, 0.29) is 19.4 Å². The zero-order chi connectivity index (χ0) is 17.6. The zero-order valence-corrected chi connectivity index (χ0v) is 13.3. The fourth-order valence-electron chi connectivity index (χ4n) is 2.63. The molecule has 0 heterocycles. The molecule has 0 fully saturated rings. The number of hydrogen-bond acceptors (Lipinski definition) is 3. The molecule has 0 aliphatic heterocycles. The third-order valence-corrected chi connectivity index (χ3v) is 3.87. The van der Waals surface area contributed by atoms with Gasteiger partial charge in [0.05, 0.1) is 12.7 Å². The van der Waals surface area contributed by atoms with Crippen LogP contribution in [0, 0.1) is 23.0 Å². The number of ether oxygens (including phenoxy) is 1. The van der Waals surface area contributed by atoms with E-state index < -0.39 is 23.0 Å². The van der Waals surface area contributed by atoms with Gasteiger partial charge in [-0.05, 0) is 48.7 Å². The van der Waals surface area contributed by atoms with E-state index in [0.717, 1.165) is 0 Å². The van der Waals surface area contributed by atoms with Crippen molar-refractivity contribution in [3.05, 3.63) is 71.3 Å². The van der Waals surface area contributed by atoms with Gasteiger partial charge in [0.2, 0.25) is 0 Å². The van der Waals surface area contributed by atoms with Gasteiger partial charge in [-0.25, -0.2) is 8.78 Å². The second-order valence-electron chi connectivity index (χ2n) is 5.34. The summed E-state index contributed by atoms with van der Waals surface area (Å²) in [5, 5.41) is 9.88. The van der Waals surface area contributed by atoms with Crippen LogP contribution in [0.5, 0.6) is 0 Å². The number of halogens is 2. The topological polar surface area (TPSA) is 50.1 Å². The Balaban J connectivity index is 2.46. The van der Waals surface area contributed by atoms with Crippen molar-refractivity contribution in [3.8, 4) is 6.07 Å².